The fourth-order valence-corrected chi connectivity index (χ4v) is 2.05. The van der Waals surface area contributed by atoms with Crippen molar-refractivity contribution >= 4 is 22.9 Å². The summed E-state index contributed by atoms with van der Waals surface area (Å²) in [6, 6.07) is 4.72. The van der Waals surface area contributed by atoms with Crippen molar-refractivity contribution < 1.29 is 28.2 Å². The van der Waals surface area contributed by atoms with E-state index in [4.69, 9.17) is 9.15 Å². The lowest BCUT2D eigenvalue weighted by molar-refractivity contribution is -0.139. The molecule has 0 atom stereocenters. The first-order chi connectivity index (χ1) is 10.5. The van der Waals surface area contributed by atoms with Gasteiger partial charge in [-0.15, -0.1) is 0 Å². The SMILES string of the molecule is COC(=O)Cc1c(C(=O)OC)oc2cccc(OC)c2c1=O. The van der Waals surface area contributed by atoms with Gasteiger partial charge in [0, 0.05) is 0 Å². The standard InChI is InChI=1S/C15H14O7/c1-19-9-5-4-6-10-12(9)13(17)8(7-11(16)20-2)14(22-10)15(18)21-3/h4-6H,7H2,1-3H3. The van der Waals surface area contributed by atoms with Crippen LogP contribution in [0.1, 0.15) is 16.1 Å². The molecular formula is C15H14O7. The summed E-state index contributed by atoms with van der Waals surface area (Å²) in [4.78, 5) is 36.0. The second-order valence-corrected chi connectivity index (χ2v) is 4.32. The average molecular weight is 306 g/mol. The van der Waals surface area contributed by atoms with Gasteiger partial charge in [-0.25, -0.2) is 4.79 Å². The molecule has 22 heavy (non-hydrogen) atoms. The van der Waals surface area contributed by atoms with Crippen molar-refractivity contribution in [1.82, 2.24) is 0 Å². The molecular weight excluding hydrogens is 292 g/mol. The highest BCUT2D eigenvalue weighted by molar-refractivity contribution is 5.93. The number of ether oxygens (including phenoxy) is 3. The molecule has 0 aliphatic rings. The van der Waals surface area contributed by atoms with Crippen LogP contribution in [0.5, 0.6) is 5.75 Å². The molecule has 0 bridgehead atoms. The summed E-state index contributed by atoms with van der Waals surface area (Å²) in [7, 11) is 3.74. The van der Waals surface area contributed by atoms with Crippen LogP contribution in [0.2, 0.25) is 0 Å². The Balaban J connectivity index is 2.82. The number of hydrogen-bond donors (Lipinski definition) is 0. The van der Waals surface area contributed by atoms with Gasteiger partial charge in [0.1, 0.15) is 16.7 Å². The van der Waals surface area contributed by atoms with E-state index in [1.807, 2.05) is 0 Å². The van der Waals surface area contributed by atoms with E-state index < -0.39 is 23.8 Å². The molecule has 7 nitrogen and oxygen atoms in total. The van der Waals surface area contributed by atoms with Gasteiger partial charge < -0.3 is 18.6 Å². The quantitative estimate of drug-likeness (QED) is 0.786. The molecule has 0 unspecified atom stereocenters. The molecule has 0 saturated carbocycles. The van der Waals surface area contributed by atoms with Crippen LogP contribution in [-0.2, 0) is 20.7 Å². The van der Waals surface area contributed by atoms with Gasteiger partial charge in [-0.05, 0) is 12.1 Å². The lowest BCUT2D eigenvalue weighted by atomic mass is 10.1. The molecule has 1 aromatic carbocycles. The second-order valence-electron chi connectivity index (χ2n) is 4.32. The Kier molecular flexibility index (Phi) is 4.45. The maximum atomic E-state index is 12.6. The molecule has 2 aromatic rings. The van der Waals surface area contributed by atoms with Crippen LogP contribution >= 0.6 is 0 Å². The summed E-state index contributed by atoms with van der Waals surface area (Å²) in [6.45, 7) is 0. The number of carbonyl (C=O) groups excluding carboxylic acids is 2. The molecule has 0 radical (unpaired) electrons. The van der Waals surface area contributed by atoms with Crippen molar-refractivity contribution in [3.63, 3.8) is 0 Å². The number of carbonyl (C=O) groups is 2. The second kappa shape index (κ2) is 6.30. The van der Waals surface area contributed by atoms with Crippen molar-refractivity contribution in [2.75, 3.05) is 21.3 Å². The van der Waals surface area contributed by atoms with Gasteiger partial charge in [-0.2, -0.15) is 0 Å². The van der Waals surface area contributed by atoms with Crippen LogP contribution in [0.25, 0.3) is 11.0 Å². The fourth-order valence-electron chi connectivity index (χ4n) is 2.05. The van der Waals surface area contributed by atoms with Crippen molar-refractivity contribution in [2.24, 2.45) is 0 Å². The van der Waals surface area contributed by atoms with Gasteiger partial charge in [0.25, 0.3) is 0 Å². The topological polar surface area (TPSA) is 92.0 Å². The molecule has 0 N–H and O–H groups in total. The van der Waals surface area contributed by atoms with Crippen molar-refractivity contribution in [1.29, 1.82) is 0 Å². The van der Waals surface area contributed by atoms with E-state index in [0.717, 1.165) is 7.11 Å². The van der Waals surface area contributed by atoms with Crippen LogP contribution in [0, 0.1) is 0 Å². The van der Waals surface area contributed by atoms with Crippen LogP contribution in [-0.4, -0.2) is 33.3 Å². The Bertz CT molecular complexity index is 788. The predicted octanol–water partition coefficient (Wildman–Crippen LogP) is 1.30. The molecule has 1 heterocycles. The first kappa shape index (κ1) is 15.6. The Labute approximate surface area is 125 Å². The molecule has 0 saturated heterocycles. The molecule has 0 fully saturated rings. The van der Waals surface area contributed by atoms with E-state index in [1.165, 1.54) is 20.3 Å². The zero-order chi connectivity index (χ0) is 16.3. The van der Waals surface area contributed by atoms with Crippen LogP contribution in [0.4, 0.5) is 0 Å². The summed E-state index contributed by atoms with van der Waals surface area (Å²) < 4.78 is 19.7. The van der Waals surface area contributed by atoms with Crippen molar-refractivity contribution in [3.8, 4) is 5.75 Å². The van der Waals surface area contributed by atoms with Crippen LogP contribution < -0.4 is 10.2 Å². The number of fused-ring (bicyclic) bond motifs is 1. The Morgan fingerprint density at radius 3 is 2.45 bits per heavy atom. The minimum atomic E-state index is -0.847. The summed E-state index contributed by atoms with van der Waals surface area (Å²) in [5.74, 6) is -1.56. The molecule has 116 valence electrons. The van der Waals surface area contributed by atoms with E-state index in [1.54, 1.807) is 12.1 Å². The molecule has 0 aliphatic heterocycles. The number of esters is 2. The molecule has 0 spiro atoms. The zero-order valence-electron chi connectivity index (χ0n) is 12.3. The van der Waals surface area contributed by atoms with Gasteiger partial charge in [0.05, 0.1) is 33.3 Å². The average Bonchev–Trinajstić information content (AvgIpc) is 2.55. The van der Waals surface area contributed by atoms with E-state index in [9.17, 15) is 14.4 Å². The van der Waals surface area contributed by atoms with E-state index in [-0.39, 0.29) is 28.0 Å². The van der Waals surface area contributed by atoms with Crippen molar-refractivity contribution in [2.45, 2.75) is 6.42 Å². The number of hydrogen-bond acceptors (Lipinski definition) is 7. The summed E-state index contributed by atoms with van der Waals surface area (Å²) >= 11 is 0. The highest BCUT2D eigenvalue weighted by Crippen LogP contribution is 2.25. The van der Waals surface area contributed by atoms with Gasteiger partial charge in [0.15, 0.2) is 0 Å². The van der Waals surface area contributed by atoms with Gasteiger partial charge >= 0.3 is 11.9 Å². The van der Waals surface area contributed by atoms with Crippen LogP contribution in [0.15, 0.2) is 27.4 Å². The third kappa shape index (κ3) is 2.65. The van der Waals surface area contributed by atoms with Gasteiger partial charge in [-0.3, -0.25) is 9.59 Å². The zero-order valence-corrected chi connectivity index (χ0v) is 12.3. The van der Waals surface area contributed by atoms with Gasteiger partial charge in [0.2, 0.25) is 11.2 Å². The fraction of sp³-hybridized carbons (Fsp3) is 0.267. The molecule has 0 aliphatic carbocycles. The minimum Gasteiger partial charge on any atom is -0.496 e. The van der Waals surface area contributed by atoms with E-state index >= 15 is 0 Å². The minimum absolute atomic E-state index is 0.129. The van der Waals surface area contributed by atoms with E-state index in [0.29, 0.717) is 0 Å². The predicted molar refractivity (Wildman–Crippen MR) is 76.1 cm³/mol. The third-order valence-corrected chi connectivity index (χ3v) is 3.11. The number of rotatable bonds is 4. The normalized spacial score (nSPS) is 10.3. The maximum Gasteiger partial charge on any atom is 0.374 e. The smallest absolute Gasteiger partial charge is 0.374 e. The van der Waals surface area contributed by atoms with E-state index in [2.05, 4.69) is 9.47 Å². The number of benzene rings is 1. The summed E-state index contributed by atoms with van der Waals surface area (Å²) in [6.07, 6.45) is -0.406. The molecule has 0 amide bonds. The molecule has 7 heteroatoms. The van der Waals surface area contributed by atoms with Crippen molar-refractivity contribution in [3.05, 3.63) is 39.7 Å². The Morgan fingerprint density at radius 1 is 1.14 bits per heavy atom. The molecule has 2 rings (SSSR count). The largest absolute Gasteiger partial charge is 0.496 e. The lowest BCUT2D eigenvalue weighted by Gasteiger charge is -2.09. The first-order valence-electron chi connectivity index (χ1n) is 6.31. The molecule has 1 aromatic heterocycles. The third-order valence-electron chi connectivity index (χ3n) is 3.11. The lowest BCUT2D eigenvalue weighted by Crippen LogP contribution is -2.21. The monoisotopic (exact) mass is 306 g/mol. The first-order valence-corrected chi connectivity index (χ1v) is 6.31. The highest BCUT2D eigenvalue weighted by atomic mass is 16.5. The Hall–Kier alpha value is -2.83. The number of methoxy groups -OCH3 is 3. The highest BCUT2D eigenvalue weighted by Gasteiger charge is 2.24. The Morgan fingerprint density at radius 2 is 1.86 bits per heavy atom. The van der Waals surface area contributed by atoms with Crippen LogP contribution in [0.3, 0.4) is 0 Å². The summed E-state index contributed by atoms with van der Waals surface area (Å²) in [5, 5.41) is 0.150. The maximum absolute atomic E-state index is 12.6. The summed E-state index contributed by atoms with van der Waals surface area (Å²) in [5.41, 5.74) is -0.501. The van der Waals surface area contributed by atoms with Gasteiger partial charge in [-0.1, -0.05) is 6.07 Å².